The molecule has 0 aromatic heterocycles. The molecule has 1 aliphatic heterocycles. The molecule has 0 N–H and O–H groups in total. The number of benzene rings is 1. The number of para-hydroxylation sites is 1. The van der Waals surface area contributed by atoms with E-state index in [-0.39, 0.29) is 5.60 Å². The number of aryl methyl sites for hydroxylation is 1. The quantitative estimate of drug-likeness (QED) is 0.260. The van der Waals surface area contributed by atoms with Crippen molar-refractivity contribution in [2.45, 2.75) is 96.5 Å². The van der Waals surface area contributed by atoms with Gasteiger partial charge in [-0.1, -0.05) is 89.3 Å². The van der Waals surface area contributed by atoms with Crippen molar-refractivity contribution in [1.82, 2.24) is 0 Å². The van der Waals surface area contributed by atoms with E-state index in [1.54, 1.807) is 0 Å². The number of ether oxygens (including phenoxy) is 2. The first-order valence-corrected chi connectivity index (χ1v) is 10.6. The van der Waals surface area contributed by atoms with Crippen LogP contribution in [0.3, 0.4) is 0 Å². The second kappa shape index (κ2) is 11.6. The number of rotatable bonds is 15. The van der Waals surface area contributed by atoms with E-state index in [2.05, 4.69) is 38.1 Å². The largest absolute Gasteiger partial charge is 0.490 e. The van der Waals surface area contributed by atoms with E-state index in [0.717, 1.165) is 18.8 Å². The molecule has 1 atom stereocenters. The summed E-state index contributed by atoms with van der Waals surface area (Å²) in [5.74, 6) is 1.05. The van der Waals surface area contributed by atoms with Crippen molar-refractivity contribution in [3.63, 3.8) is 0 Å². The second-order valence-electron chi connectivity index (χ2n) is 7.92. The third-order valence-electron chi connectivity index (χ3n) is 5.19. The van der Waals surface area contributed by atoms with Gasteiger partial charge in [0.1, 0.15) is 18.0 Å². The van der Waals surface area contributed by atoms with Gasteiger partial charge >= 0.3 is 0 Å². The minimum Gasteiger partial charge on any atom is -0.490 e. The van der Waals surface area contributed by atoms with Crippen molar-refractivity contribution >= 4 is 0 Å². The molecule has 0 saturated carbocycles. The number of hydrogen-bond acceptors (Lipinski definition) is 2. The van der Waals surface area contributed by atoms with Crippen molar-refractivity contribution in [3.05, 3.63) is 29.8 Å². The molecule has 0 spiro atoms. The highest BCUT2D eigenvalue weighted by Crippen LogP contribution is 2.28. The number of epoxide rings is 1. The van der Waals surface area contributed by atoms with Gasteiger partial charge in [0.05, 0.1) is 6.61 Å². The molecule has 0 radical (unpaired) electrons. The molecule has 1 aliphatic rings. The van der Waals surface area contributed by atoms with Crippen LogP contribution in [0.5, 0.6) is 5.75 Å². The zero-order valence-corrected chi connectivity index (χ0v) is 16.5. The second-order valence-corrected chi connectivity index (χ2v) is 7.92. The van der Waals surface area contributed by atoms with Crippen molar-refractivity contribution < 1.29 is 9.47 Å². The Morgan fingerprint density at radius 2 is 1.44 bits per heavy atom. The van der Waals surface area contributed by atoms with Gasteiger partial charge in [0.25, 0.3) is 0 Å². The van der Waals surface area contributed by atoms with Crippen LogP contribution in [0.4, 0.5) is 0 Å². The molecule has 1 saturated heterocycles. The van der Waals surface area contributed by atoms with Crippen molar-refractivity contribution in [3.8, 4) is 5.75 Å². The third-order valence-corrected chi connectivity index (χ3v) is 5.19. The smallest absolute Gasteiger partial charge is 0.123 e. The lowest BCUT2D eigenvalue weighted by Gasteiger charge is -2.13. The van der Waals surface area contributed by atoms with Crippen LogP contribution in [0.1, 0.15) is 90.0 Å². The molecule has 1 unspecified atom stereocenters. The van der Waals surface area contributed by atoms with E-state index >= 15 is 0 Å². The minimum absolute atomic E-state index is 0.0380. The molecule has 1 aromatic carbocycles. The zero-order chi connectivity index (χ0) is 17.8. The van der Waals surface area contributed by atoms with Crippen LogP contribution in [0.25, 0.3) is 0 Å². The van der Waals surface area contributed by atoms with Crippen molar-refractivity contribution in [1.29, 1.82) is 0 Å². The topological polar surface area (TPSA) is 21.8 Å². The van der Waals surface area contributed by atoms with E-state index in [9.17, 15) is 0 Å². The van der Waals surface area contributed by atoms with Crippen molar-refractivity contribution in [2.75, 3.05) is 13.2 Å². The molecule has 0 bridgehead atoms. The van der Waals surface area contributed by atoms with Crippen molar-refractivity contribution in [2.24, 2.45) is 0 Å². The molecule has 1 aromatic rings. The summed E-state index contributed by atoms with van der Waals surface area (Å²) in [5.41, 5.74) is 1.31. The highest BCUT2D eigenvalue weighted by Gasteiger charge is 2.40. The van der Waals surface area contributed by atoms with Gasteiger partial charge < -0.3 is 9.47 Å². The third kappa shape index (κ3) is 8.76. The fraction of sp³-hybridized carbons (Fsp3) is 0.739. The van der Waals surface area contributed by atoms with E-state index in [4.69, 9.17) is 9.47 Å². The van der Waals surface area contributed by atoms with Crippen LogP contribution < -0.4 is 4.74 Å². The Balaban J connectivity index is 1.50. The average Bonchev–Trinajstić information content (AvgIpc) is 3.36. The van der Waals surface area contributed by atoms with Crippen LogP contribution in [0, 0.1) is 0 Å². The Kier molecular flexibility index (Phi) is 9.39. The first kappa shape index (κ1) is 20.3. The molecule has 25 heavy (non-hydrogen) atoms. The molecule has 0 amide bonds. The Morgan fingerprint density at radius 1 is 0.880 bits per heavy atom. The highest BCUT2D eigenvalue weighted by atomic mass is 16.6. The standard InChI is InChI=1S/C23H38O2/c1-3-4-5-6-7-8-9-10-11-12-13-16-21-17-14-15-18-22(21)24-19-23(2)20-25-23/h14-15,17-18H,3-13,16,19-20H2,1-2H3. The lowest BCUT2D eigenvalue weighted by atomic mass is 10.0. The first-order valence-electron chi connectivity index (χ1n) is 10.6. The molecule has 142 valence electrons. The Labute approximate surface area is 155 Å². The van der Waals surface area contributed by atoms with E-state index in [1.807, 2.05) is 0 Å². The molecule has 1 fully saturated rings. The molecule has 2 rings (SSSR count). The van der Waals surface area contributed by atoms with Crippen LogP contribution in [-0.2, 0) is 11.2 Å². The van der Waals surface area contributed by atoms with Gasteiger partial charge in [-0.2, -0.15) is 0 Å². The van der Waals surface area contributed by atoms with Gasteiger partial charge in [0, 0.05) is 0 Å². The predicted octanol–water partition coefficient (Wildman–Crippen LogP) is 6.71. The summed E-state index contributed by atoms with van der Waals surface area (Å²) in [7, 11) is 0. The summed E-state index contributed by atoms with van der Waals surface area (Å²) < 4.78 is 11.4. The fourth-order valence-corrected chi connectivity index (χ4v) is 3.27. The summed E-state index contributed by atoms with van der Waals surface area (Å²) in [6.45, 7) is 5.89. The van der Waals surface area contributed by atoms with Crippen LogP contribution >= 0.6 is 0 Å². The van der Waals surface area contributed by atoms with Crippen LogP contribution in [-0.4, -0.2) is 18.8 Å². The summed E-state index contributed by atoms with van der Waals surface area (Å²) in [5, 5.41) is 0. The molecular weight excluding hydrogens is 308 g/mol. The van der Waals surface area contributed by atoms with Gasteiger partial charge in [0.15, 0.2) is 0 Å². The van der Waals surface area contributed by atoms with Gasteiger partial charge in [-0.15, -0.1) is 0 Å². The summed E-state index contributed by atoms with van der Waals surface area (Å²) >= 11 is 0. The summed E-state index contributed by atoms with van der Waals surface area (Å²) in [4.78, 5) is 0. The molecule has 2 nitrogen and oxygen atoms in total. The maximum Gasteiger partial charge on any atom is 0.123 e. The molecule has 1 heterocycles. The Morgan fingerprint density at radius 3 is 2.04 bits per heavy atom. The predicted molar refractivity (Wildman–Crippen MR) is 106 cm³/mol. The summed E-state index contributed by atoms with van der Waals surface area (Å²) in [6.07, 6.45) is 16.4. The normalized spacial score (nSPS) is 19.1. The lowest BCUT2D eigenvalue weighted by molar-refractivity contribution is 0.201. The maximum atomic E-state index is 5.99. The average molecular weight is 347 g/mol. The van der Waals surface area contributed by atoms with Gasteiger partial charge in [-0.3, -0.25) is 0 Å². The fourth-order valence-electron chi connectivity index (χ4n) is 3.27. The van der Waals surface area contributed by atoms with E-state index in [0.29, 0.717) is 6.61 Å². The zero-order valence-electron chi connectivity index (χ0n) is 16.5. The SMILES string of the molecule is CCCCCCCCCCCCCc1ccccc1OCC1(C)CO1. The molecular formula is C23H38O2. The summed E-state index contributed by atoms with van der Waals surface area (Å²) in [6, 6.07) is 8.49. The number of hydrogen-bond donors (Lipinski definition) is 0. The lowest BCUT2D eigenvalue weighted by Crippen LogP contribution is -2.17. The highest BCUT2D eigenvalue weighted by molar-refractivity contribution is 5.33. The molecule has 0 aliphatic carbocycles. The number of unbranched alkanes of at least 4 members (excludes halogenated alkanes) is 10. The van der Waals surface area contributed by atoms with Gasteiger partial charge in [-0.05, 0) is 31.4 Å². The Bertz CT molecular complexity index is 465. The molecule has 2 heteroatoms. The van der Waals surface area contributed by atoms with Gasteiger partial charge in [-0.25, -0.2) is 0 Å². The van der Waals surface area contributed by atoms with Gasteiger partial charge in [0.2, 0.25) is 0 Å². The van der Waals surface area contributed by atoms with E-state index in [1.165, 1.54) is 76.2 Å². The first-order chi connectivity index (χ1) is 12.2. The minimum atomic E-state index is -0.0380. The van der Waals surface area contributed by atoms with Crippen LogP contribution in [0.15, 0.2) is 24.3 Å². The maximum absolute atomic E-state index is 5.99. The Hall–Kier alpha value is -1.02. The van der Waals surface area contributed by atoms with E-state index < -0.39 is 0 Å². The van der Waals surface area contributed by atoms with Crippen LogP contribution in [0.2, 0.25) is 0 Å². The monoisotopic (exact) mass is 346 g/mol.